The molecular weight excluding hydrogens is 210 g/mol. The third-order valence-corrected chi connectivity index (χ3v) is 3.76. The van der Waals surface area contributed by atoms with Crippen LogP contribution in [0.4, 0.5) is 11.4 Å². The van der Waals surface area contributed by atoms with Crippen molar-refractivity contribution in [2.24, 2.45) is 0 Å². The first-order valence-corrected chi connectivity index (χ1v) is 6.55. The van der Waals surface area contributed by atoms with Crippen LogP contribution < -0.4 is 11.1 Å². The Balaban J connectivity index is 1.95. The van der Waals surface area contributed by atoms with Crippen molar-refractivity contribution >= 4 is 11.4 Å². The first-order valence-electron chi connectivity index (χ1n) is 6.55. The number of likely N-dealkylation sites (tertiary alicyclic amines) is 1. The molecule has 1 fully saturated rings. The molecule has 1 aromatic carbocycles. The second-order valence-corrected chi connectivity index (χ2v) is 4.84. The molecule has 1 aliphatic rings. The van der Waals surface area contributed by atoms with Crippen molar-refractivity contribution in [3.8, 4) is 0 Å². The van der Waals surface area contributed by atoms with E-state index >= 15 is 0 Å². The van der Waals surface area contributed by atoms with E-state index in [-0.39, 0.29) is 0 Å². The molecule has 1 atom stereocenters. The Morgan fingerprint density at radius 3 is 3.06 bits per heavy atom. The number of benzene rings is 1. The number of nitrogens with zero attached hydrogens (tertiary/aromatic N) is 1. The number of nitrogen functional groups attached to an aromatic ring is 1. The second-order valence-electron chi connectivity index (χ2n) is 4.84. The minimum atomic E-state index is 0.667. The van der Waals surface area contributed by atoms with Gasteiger partial charge in [-0.3, -0.25) is 4.90 Å². The number of likely N-dealkylation sites (N-methyl/N-ethyl adjacent to an activating group) is 1. The summed E-state index contributed by atoms with van der Waals surface area (Å²) in [5, 5.41) is 3.49. The normalized spacial score (nSPS) is 20.7. The molecule has 0 aromatic heterocycles. The summed E-state index contributed by atoms with van der Waals surface area (Å²) in [6, 6.07) is 6.84. The second kappa shape index (κ2) is 5.41. The molecule has 3 nitrogen and oxygen atoms in total. The summed E-state index contributed by atoms with van der Waals surface area (Å²) >= 11 is 0. The molecule has 94 valence electrons. The fourth-order valence-electron chi connectivity index (χ4n) is 2.61. The lowest BCUT2D eigenvalue weighted by atomic mass is 10.1. The molecule has 1 aliphatic heterocycles. The van der Waals surface area contributed by atoms with E-state index in [1.165, 1.54) is 19.4 Å². The SMILES string of the molecule is CCN1CCCC1CNc1cccc(C)c1N. The van der Waals surface area contributed by atoms with Crippen molar-refractivity contribution in [3.05, 3.63) is 23.8 Å². The fraction of sp³-hybridized carbons (Fsp3) is 0.571. The molecule has 17 heavy (non-hydrogen) atoms. The Morgan fingerprint density at radius 2 is 2.29 bits per heavy atom. The molecule has 3 N–H and O–H groups in total. The van der Waals surface area contributed by atoms with E-state index in [1.54, 1.807) is 0 Å². The maximum atomic E-state index is 6.06. The van der Waals surface area contributed by atoms with Crippen LogP contribution in [0.2, 0.25) is 0 Å². The molecule has 0 amide bonds. The highest BCUT2D eigenvalue weighted by molar-refractivity contribution is 5.69. The Morgan fingerprint density at radius 1 is 1.47 bits per heavy atom. The zero-order valence-corrected chi connectivity index (χ0v) is 10.9. The lowest BCUT2D eigenvalue weighted by Gasteiger charge is -2.24. The molecular formula is C14H23N3. The maximum absolute atomic E-state index is 6.06. The number of hydrogen-bond acceptors (Lipinski definition) is 3. The predicted molar refractivity (Wildman–Crippen MR) is 74.4 cm³/mol. The molecule has 1 saturated heterocycles. The lowest BCUT2D eigenvalue weighted by Crippen LogP contribution is -2.34. The average molecular weight is 233 g/mol. The number of aryl methyl sites for hydroxylation is 1. The van der Waals surface area contributed by atoms with Gasteiger partial charge in [0.05, 0.1) is 11.4 Å². The van der Waals surface area contributed by atoms with Gasteiger partial charge in [-0.25, -0.2) is 0 Å². The summed E-state index contributed by atoms with van der Waals surface area (Å²) in [6.45, 7) is 7.68. The van der Waals surface area contributed by atoms with Crippen molar-refractivity contribution in [2.75, 3.05) is 30.7 Å². The number of hydrogen-bond donors (Lipinski definition) is 2. The Kier molecular flexibility index (Phi) is 3.89. The first-order chi connectivity index (χ1) is 8.22. The van der Waals surface area contributed by atoms with Gasteiger partial charge < -0.3 is 11.1 Å². The Hall–Kier alpha value is -1.22. The summed E-state index contributed by atoms with van der Waals surface area (Å²) in [5.74, 6) is 0. The quantitative estimate of drug-likeness (QED) is 0.785. The van der Waals surface area contributed by atoms with E-state index in [9.17, 15) is 0 Å². The minimum absolute atomic E-state index is 0.667. The molecule has 0 aliphatic carbocycles. The van der Waals surface area contributed by atoms with Gasteiger partial charge in [0.15, 0.2) is 0 Å². The zero-order chi connectivity index (χ0) is 12.3. The summed E-state index contributed by atoms with van der Waals surface area (Å²) in [7, 11) is 0. The summed E-state index contributed by atoms with van der Waals surface area (Å²) < 4.78 is 0. The van der Waals surface area contributed by atoms with Gasteiger partial charge in [-0.1, -0.05) is 19.1 Å². The van der Waals surface area contributed by atoms with Crippen LogP contribution in [0.1, 0.15) is 25.3 Å². The highest BCUT2D eigenvalue weighted by Crippen LogP contribution is 2.23. The van der Waals surface area contributed by atoms with Crippen LogP contribution in [0.5, 0.6) is 0 Å². The highest BCUT2D eigenvalue weighted by atomic mass is 15.2. The van der Waals surface area contributed by atoms with Crippen LogP contribution in [0.25, 0.3) is 0 Å². The number of anilines is 2. The van der Waals surface area contributed by atoms with Gasteiger partial charge in [0.1, 0.15) is 0 Å². The largest absolute Gasteiger partial charge is 0.397 e. The van der Waals surface area contributed by atoms with Crippen LogP contribution in [0, 0.1) is 6.92 Å². The van der Waals surface area contributed by atoms with Gasteiger partial charge in [-0.15, -0.1) is 0 Å². The molecule has 1 unspecified atom stereocenters. The molecule has 0 radical (unpaired) electrons. The Bertz CT molecular complexity index is 376. The van der Waals surface area contributed by atoms with Crippen molar-refractivity contribution in [1.82, 2.24) is 4.90 Å². The van der Waals surface area contributed by atoms with Crippen molar-refractivity contribution < 1.29 is 0 Å². The monoisotopic (exact) mass is 233 g/mol. The predicted octanol–water partition coefficient (Wildman–Crippen LogP) is 2.47. The summed E-state index contributed by atoms with van der Waals surface area (Å²) in [6.07, 6.45) is 2.62. The van der Waals surface area contributed by atoms with E-state index in [1.807, 2.05) is 0 Å². The van der Waals surface area contributed by atoms with Crippen molar-refractivity contribution in [1.29, 1.82) is 0 Å². The zero-order valence-electron chi connectivity index (χ0n) is 10.9. The van der Waals surface area contributed by atoms with E-state index in [0.717, 1.165) is 30.0 Å². The van der Waals surface area contributed by atoms with Gasteiger partial charge in [0.2, 0.25) is 0 Å². The van der Waals surface area contributed by atoms with Crippen LogP contribution >= 0.6 is 0 Å². The maximum Gasteiger partial charge on any atom is 0.0579 e. The minimum Gasteiger partial charge on any atom is -0.397 e. The molecule has 1 heterocycles. The summed E-state index contributed by atoms with van der Waals surface area (Å²) in [5.41, 5.74) is 9.17. The third kappa shape index (κ3) is 2.72. The number of nitrogens with two attached hydrogens (primary N) is 1. The number of para-hydroxylation sites is 1. The average Bonchev–Trinajstić information content (AvgIpc) is 2.78. The first kappa shape index (κ1) is 12.2. The van der Waals surface area contributed by atoms with E-state index < -0.39 is 0 Å². The van der Waals surface area contributed by atoms with E-state index in [2.05, 4.69) is 42.3 Å². The number of nitrogens with one attached hydrogen (secondary N) is 1. The molecule has 0 spiro atoms. The molecule has 1 aromatic rings. The lowest BCUT2D eigenvalue weighted by molar-refractivity contribution is 0.277. The van der Waals surface area contributed by atoms with Crippen LogP contribution in [-0.2, 0) is 0 Å². The number of rotatable bonds is 4. The smallest absolute Gasteiger partial charge is 0.0579 e. The fourth-order valence-corrected chi connectivity index (χ4v) is 2.61. The Labute approximate surface area is 104 Å². The van der Waals surface area contributed by atoms with Gasteiger partial charge in [0.25, 0.3) is 0 Å². The molecule has 0 saturated carbocycles. The molecule has 0 bridgehead atoms. The van der Waals surface area contributed by atoms with Gasteiger partial charge >= 0.3 is 0 Å². The standard InChI is InChI=1S/C14H23N3/c1-3-17-9-5-7-12(17)10-16-13-8-4-6-11(2)14(13)15/h4,6,8,12,16H,3,5,7,9-10,15H2,1-2H3. The van der Waals surface area contributed by atoms with Crippen molar-refractivity contribution in [3.63, 3.8) is 0 Å². The van der Waals surface area contributed by atoms with Crippen LogP contribution in [-0.4, -0.2) is 30.6 Å². The summed E-state index contributed by atoms with van der Waals surface area (Å²) in [4.78, 5) is 2.54. The third-order valence-electron chi connectivity index (χ3n) is 3.76. The van der Waals surface area contributed by atoms with Gasteiger partial charge in [0, 0.05) is 12.6 Å². The van der Waals surface area contributed by atoms with Crippen molar-refractivity contribution in [2.45, 2.75) is 32.7 Å². The van der Waals surface area contributed by atoms with E-state index in [0.29, 0.717) is 6.04 Å². The molecule has 2 rings (SSSR count). The van der Waals surface area contributed by atoms with Gasteiger partial charge in [-0.05, 0) is 44.5 Å². The highest BCUT2D eigenvalue weighted by Gasteiger charge is 2.22. The van der Waals surface area contributed by atoms with E-state index in [4.69, 9.17) is 5.73 Å². The molecule has 3 heteroatoms. The topological polar surface area (TPSA) is 41.3 Å². The van der Waals surface area contributed by atoms with Gasteiger partial charge in [-0.2, -0.15) is 0 Å². The van der Waals surface area contributed by atoms with Crippen LogP contribution in [0.15, 0.2) is 18.2 Å². The van der Waals surface area contributed by atoms with Crippen LogP contribution in [0.3, 0.4) is 0 Å².